The molecule has 0 aromatic heterocycles. The second kappa shape index (κ2) is 3.70. The van der Waals surface area contributed by atoms with Crippen LogP contribution in [0.25, 0.3) is 0 Å². The third-order valence-electron chi connectivity index (χ3n) is 2.01. The highest BCUT2D eigenvalue weighted by atomic mass is 28.4. The van der Waals surface area contributed by atoms with Gasteiger partial charge < -0.3 is 4.43 Å². The van der Waals surface area contributed by atoms with Gasteiger partial charge in [-0.25, -0.2) is 0 Å². The molecule has 1 aliphatic rings. The molecule has 0 fully saturated rings. The second-order valence-electron chi connectivity index (χ2n) is 4.85. The minimum absolute atomic E-state index is 0.675. The van der Waals surface area contributed by atoms with Crippen LogP contribution in [0.1, 0.15) is 20.3 Å². The maximum Gasteiger partial charge on any atom is 0.242 e. The molecule has 0 unspecified atom stereocenters. The Labute approximate surface area is 82.6 Å². The Kier molecular flexibility index (Phi) is 3.01. The molecule has 2 heteroatoms. The van der Waals surface area contributed by atoms with Crippen molar-refractivity contribution in [3.63, 3.8) is 0 Å². The molecule has 1 nitrogen and oxygen atoms in total. The van der Waals surface area contributed by atoms with Crippen LogP contribution >= 0.6 is 0 Å². The van der Waals surface area contributed by atoms with E-state index in [4.69, 9.17) is 4.43 Å². The SMILES string of the molecule is CC1=C[C@H](C)CC=C1O[Si](C)(C)C. The summed E-state index contributed by atoms with van der Waals surface area (Å²) in [6.45, 7) is 11.0. The third kappa shape index (κ3) is 3.39. The molecule has 1 rings (SSSR count). The molecule has 74 valence electrons. The molecule has 0 aromatic rings. The molecule has 13 heavy (non-hydrogen) atoms. The molecule has 0 aliphatic heterocycles. The monoisotopic (exact) mass is 196 g/mol. The predicted octanol–water partition coefficient (Wildman–Crippen LogP) is 3.71. The van der Waals surface area contributed by atoms with E-state index in [1.54, 1.807) is 0 Å². The van der Waals surface area contributed by atoms with E-state index in [9.17, 15) is 0 Å². The molecular weight excluding hydrogens is 176 g/mol. The van der Waals surface area contributed by atoms with Crippen LogP contribution in [-0.2, 0) is 4.43 Å². The van der Waals surface area contributed by atoms with E-state index in [1.807, 2.05) is 0 Å². The highest BCUT2D eigenvalue weighted by Gasteiger charge is 2.20. The summed E-state index contributed by atoms with van der Waals surface area (Å²) in [5.74, 6) is 1.80. The number of rotatable bonds is 2. The molecule has 0 aromatic carbocycles. The zero-order valence-corrected chi connectivity index (χ0v) is 10.3. The van der Waals surface area contributed by atoms with E-state index in [2.05, 4.69) is 45.6 Å². The van der Waals surface area contributed by atoms with E-state index in [0.29, 0.717) is 5.92 Å². The van der Waals surface area contributed by atoms with Crippen molar-refractivity contribution >= 4 is 8.32 Å². The van der Waals surface area contributed by atoms with Crippen LogP contribution in [0.5, 0.6) is 0 Å². The van der Waals surface area contributed by atoms with Crippen LogP contribution in [0.3, 0.4) is 0 Å². The van der Waals surface area contributed by atoms with Gasteiger partial charge >= 0.3 is 0 Å². The summed E-state index contributed by atoms with van der Waals surface area (Å²) in [6.07, 6.45) is 5.66. The average molecular weight is 196 g/mol. The quantitative estimate of drug-likeness (QED) is 0.612. The van der Waals surface area contributed by atoms with Gasteiger partial charge in [0.05, 0.1) is 0 Å². The van der Waals surface area contributed by atoms with Gasteiger partial charge in [-0.05, 0) is 50.6 Å². The Balaban J connectivity index is 2.68. The highest BCUT2D eigenvalue weighted by molar-refractivity contribution is 6.70. The van der Waals surface area contributed by atoms with Gasteiger partial charge in [0.1, 0.15) is 5.76 Å². The fourth-order valence-electron chi connectivity index (χ4n) is 1.48. The first kappa shape index (κ1) is 10.6. The largest absolute Gasteiger partial charge is 0.544 e. The predicted molar refractivity (Wildman–Crippen MR) is 60.1 cm³/mol. The van der Waals surface area contributed by atoms with E-state index < -0.39 is 8.32 Å². The van der Waals surface area contributed by atoms with Crippen LogP contribution < -0.4 is 0 Å². The lowest BCUT2D eigenvalue weighted by atomic mass is 9.98. The normalized spacial score (nSPS) is 23.6. The molecule has 0 saturated heterocycles. The fraction of sp³-hybridized carbons (Fsp3) is 0.636. The van der Waals surface area contributed by atoms with Gasteiger partial charge in [0, 0.05) is 0 Å². The van der Waals surface area contributed by atoms with Gasteiger partial charge in [0.2, 0.25) is 8.32 Å². The third-order valence-corrected chi connectivity index (χ3v) is 2.85. The van der Waals surface area contributed by atoms with Crippen molar-refractivity contribution < 1.29 is 4.43 Å². The van der Waals surface area contributed by atoms with Crippen molar-refractivity contribution in [3.8, 4) is 0 Å². The molecule has 1 atom stereocenters. The average Bonchev–Trinajstić information content (AvgIpc) is 1.93. The van der Waals surface area contributed by atoms with Crippen molar-refractivity contribution in [1.82, 2.24) is 0 Å². The van der Waals surface area contributed by atoms with Crippen molar-refractivity contribution in [2.45, 2.75) is 39.9 Å². The standard InChI is InChI=1S/C11H20OSi/c1-9-6-7-11(10(2)8-9)12-13(3,4)5/h7-9H,6H2,1-5H3/t9-/m1/s1. The van der Waals surface area contributed by atoms with Crippen LogP contribution in [0.2, 0.25) is 19.6 Å². The van der Waals surface area contributed by atoms with Crippen molar-refractivity contribution in [2.75, 3.05) is 0 Å². The van der Waals surface area contributed by atoms with Crippen molar-refractivity contribution in [2.24, 2.45) is 5.92 Å². The smallest absolute Gasteiger partial charge is 0.242 e. The Hall–Kier alpha value is -0.503. The van der Waals surface area contributed by atoms with Crippen LogP contribution in [0.4, 0.5) is 0 Å². The molecular formula is C11H20OSi. The molecule has 0 saturated carbocycles. The molecule has 0 heterocycles. The Morgan fingerprint density at radius 3 is 2.46 bits per heavy atom. The first-order chi connectivity index (χ1) is 5.88. The van der Waals surface area contributed by atoms with Gasteiger partial charge in [-0.15, -0.1) is 0 Å². The minimum Gasteiger partial charge on any atom is -0.544 e. The summed E-state index contributed by atoms with van der Waals surface area (Å²) in [5.41, 5.74) is 1.31. The first-order valence-corrected chi connectivity index (χ1v) is 8.37. The summed E-state index contributed by atoms with van der Waals surface area (Å²) in [4.78, 5) is 0. The number of hydrogen-bond acceptors (Lipinski definition) is 1. The maximum atomic E-state index is 5.97. The zero-order valence-electron chi connectivity index (χ0n) is 9.35. The van der Waals surface area contributed by atoms with E-state index >= 15 is 0 Å². The summed E-state index contributed by atoms with van der Waals surface area (Å²) in [7, 11) is -1.42. The second-order valence-corrected chi connectivity index (χ2v) is 9.27. The highest BCUT2D eigenvalue weighted by Crippen LogP contribution is 2.25. The van der Waals surface area contributed by atoms with Crippen LogP contribution in [-0.4, -0.2) is 8.32 Å². The lowest BCUT2D eigenvalue weighted by Crippen LogP contribution is -2.25. The zero-order chi connectivity index (χ0) is 10.1. The Morgan fingerprint density at radius 1 is 1.38 bits per heavy atom. The van der Waals surface area contributed by atoms with E-state index in [1.165, 1.54) is 5.57 Å². The number of hydrogen-bond donors (Lipinski definition) is 0. The van der Waals surface area contributed by atoms with Crippen molar-refractivity contribution in [3.05, 3.63) is 23.5 Å². The summed E-state index contributed by atoms with van der Waals surface area (Å²) in [5, 5.41) is 0. The summed E-state index contributed by atoms with van der Waals surface area (Å²) in [6, 6.07) is 0. The van der Waals surface area contributed by atoms with E-state index in [-0.39, 0.29) is 0 Å². The van der Waals surface area contributed by atoms with Crippen molar-refractivity contribution in [1.29, 1.82) is 0 Å². The number of allylic oxidation sites excluding steroid dienone is 3. The maximum absolute atomic E-state index is 5.97. The minimum atomic E-state index is -1.42. The molecule has 0 radical (unpaired) electrons. The lowest BCUT2D eigenvalue weighted by Gasteiger charge is -2.25. The lowest BCUT2D eigenvalue weighted by molar-refractivity contribution is 0.422. The molecule has 0 spiro atoms. The van der Waals surface area contributed by atoms with Gasteiger partial charge in [-0.1, -0.05) is 13.0 Å². The molecule has 1 aliphatic carbocycles. The van der Waals surface area contributed by atoms with Gasteiger partial charge in [-0.2, -0.15) is 0 Å². The Morgan fingerprint density at radius 2 is 2.00 bits per heavy atom. The van der Waals surface area contributed by atoms with Crippen LogP contribution in [0, 0.1) is 5.92 Å². The molecule has 0 N–H and O–H groups in total. The fourth-order valence-corrected chi connectivity index (χ4v) is 2.39. The van der Waals surface area contributed by atoms with E-state index in [0.717, 1.165) is 12.2 Å². The first-order valence-electron chi connectivity index (χ1n) is 4.96. The summed E-state index contributed by atoms with van der Waals surface area (Å²) >= 11 is 0. The molecule has 0 amide bonds. The topological polar surface area (TPSA) is 9.23 Å². The van der Waals surface area contributed by atoms with Crippen LogP contribution in [0.15, 0.2) is 23.5 Å². The van der Waals surface area contributed by atoms with Gasteiger partial charge in [0.25, 0.3) is 0 Å². The van der Waals surface area contributed by atoms with Gasteiger partial charge in [-0.3, -0.25) is 0 Å². The Bertz CT molecular complexity index is 245. The van der Waals surface area contributed by atoms with Gasteiger partial charge in [0.15, 0.2) is 0 Å². The molecule has 0 bridgehead atoms. The summed E-state index contributed by atoms with van der Waals surface area (Å²) < 4.78 is 5.97.